The lowest BCUT2D eigenvalue weighted by Crippen LogP contribution is -2.51. The second-order valence-electron chi connectivity index (χ2n) is 7.08. The molecule has 4 atom stereocenters. The summed E-state index contributed by atoms with van der Waals surface area (Å²) in [7, 11) is 0. The zero-order chi connectivity index (χ0) is 15.9. The lowest BCUT2D eigenvalue weighted by atomic mass is 9.54. The van der Waals surface area contributed by atoms with Crippen molar-refractivity contribution >= 4 is 34.5 Å². The Labute approximate surface area is 146 Å². The van der Waals surface area contributed by atoms with Gasteiger partial charge in [0.25, 0.3) is 0 Å². The normalized spacial score (nSPS) is 37.2. The van der Waals surface area contributed by atoms with Gasteiger partial charge in [0, 0.05) is 14.9 Å². The van der Waals surface area contributed by atoms with Gasteiger partial charge in [-0.05, 0) is 71.1 Å². The van der Waals surface area contributed by atoms with Crippen molar-refractivity contribution in [1.29, 1.82) is 0 Å². The number of ketones is 1. The molecule has 0 bridgehead atoms. The lowest BCUT2D eigenvalue weighted by Gasteiger charge is -2.51. The van der Waals surface area contributed by atoms with Crippen molar-refractivity contribution in [2.24, 2.45) is 17.3 Å². The van der Waals surface area contributed by atoms with Gasteiger partial charge >= 0.3 is 0 Å². The van der Waals surface area contributed by atoms with Crippen LogP contribution < -0.4 is 0 Å². The minimum absolute atomic E-state index is 0.0151. The van der Waals surface area contributed by atoms with Crippen LogP contribution in [0.4, 0.5) is 0 Å². The van der Waals surface area contributed by atoms with E-state index in [-0.39, 0.29) is 23.2 Å². The highest BCUT2D eigenvalue weighted by molar-refractivity contribution is 14.1. The predicted octanol–water partition coefficient (Wildman–Crippen LogP) is 4.45. The molecule has 3 rings (SSSR count). The maximum atomic E-state index is 12.8. The first kappa shape index (κ1) is 16.2. The zero-order valence-corrected chi connectivity index (χ0v) is 15.3. The first-order valence-electron chi connectivity index (χ1n) is 8.11. The third kappa shape index (κ3) is 2.67. The number of halogens is 1. The summed E-state index contributed by atoms with van der Waals surface area (Å²) in [5.74, 6) is 0.605. The molecule has 2 aliphatic carbocycles. The number of fused-ring (bicyclic) bond motifs is 1. The molecule has 0 heterocycles. The summed E-state index contributed by atoms with van der Waals surface area (Å²) < 4.78 is 1.16. The molecule has 1 N–H and O–H groups in total. The van der Waals surface area contributed by atoms with E-state index >= 15 is 0 Å². The van der Waals surface area contributed by atoms with Crippen LogP contribution in [-0.4, -0.2) is 17.0 Å². The minimum atomic E-state index is -0.292. The summed E-state index contributed by atoms with van der Waals surface area (Å²) in [5.41, 5.74) is 1.83. The summed E-state index contributed by atoms with van der Waals surface area (Å²) in [6.07, 6.45) is 5.42. The zero-order valence-electron chi connectivity index (χ0n) is 13.2. The highest BCUT2D eigenvalue weighted by atomic mass is 127. The fourth-order valence-electron chi connectivity index (χ4n) is 4.38. The second kappa shape index (κ2) is 6.08. The van der Waals surface area contributed by atoms with E-state index in [0.29, 0.717) is 12.3 Å². The van der Waals surface area contributed by atoms with Crippen molar-refractivity contribution in [2.75, 3.05) is 0 Å². The van der Waals surface area contributed by atoms with Crippen molar-refractivity contribution in [3.8, 4) is 0 Å². The molecule has 118 valence electrons. The highest BCUT2D eigenvalue weighted by Gasteiger charge is 2.51. The average molecular weight is 410 g/mol. The van der Waals surface area contributed by atoms with Gasteiger partial charge in [0.15, 0.2) is 5.78 Å². The van der Waals surface area contributed by atoms with Crippen LogP contribution in [0.5, 0.6) is 0 Å². The van der Waals surface area contributed by atoms with Crippen molar-refractivity contribution in [2.45, 2.75) is 45.6 Å². The van der Waals surface area contributed by atoms with Crippen LogP contribution in [0, 0.1) is 20.8 Å². The van der Waals surface area contributed by atoms with Gasteiger partial charge in [0.1, 0.15) is 0 Å². The van der Waals surface area contributed by atoms with Gasteiger partial charge in [0.2, 0.25) is 0 Å². The van der Waals surface area contributed by atoms with Gasteiger partial charge < -0.3 is 5.11 Å². The van der Waals surface area contributed by atoms with E-state index in [1.165, 1.54) is 0 Å². The topological polar surface area (TPSA) is 37.3 Å². The molecule has 1 aromatic carbocycles. The van der Waals surface area contributed by atoms with Gasteiger partial charge in [-0.1, -0.05) is 38.5 Å². The number of hydrogen-bond donors (Lipinski definition) is 1. The van der Waals surface area contributed by atoms with Gasteiger partial charge in [-0.2, -0.15) is 0 Å². The van der Waals surface area contributed by atoms with Crippen LogP contribution in [0.15, 0.2) is 29.8 Å². The molecule has 0 saturated heterocycles. The summed E-state index contributed by atoms with van der Waals surface area (Å²) in [6, 6.07) is 8.13. The molecule has 0 aliphatic heterocycles. The minimum Gasteiger partial charge on any atom is -0.393 e. The molecule has 3 heteroatoms. The molecular weight excluding hydrogens is 387 g/mol. The Morgan fingerprint density at radius 2 is 2.05 bits per heavy atom. The Balaban J connectivity index is 1.99. The smallest absolute Gasteiger partial charge is 0.161 e. The number of aliphatic hydroxyl groups excluding tert-OH is 1. The third-order valence-electron chi connectivity index (χ3n) is 5.74. The summed E-state index contributed by atoms with van der Waals surface area (Å²) in [4.78, 5) is 12.8. The largest absolute Gasteiger partial charge is 0.393 e. The number of carbonyl (C=O) groups is 1. The Bertz CT molecular complexity index is 622. The fraction of sp³-hybridized carbons (Fsp3) is 0.526. The fourth-order valence-corrected chi connectivity index (χ4v) is 4.93. The van der Waals surface area contributed by atoms with E-state index in [1.54, 1.807) is 0 Å². The predicted molar refractivity (Wildman–Crippen MR) is 97.4 cm³/mol. The molecule has 2 fully saturated rings. The number of carbonyl (C=O) groups excluding carboxylic acids is 1. The van der Waals surface area contributed by atoms with Crippen LogP contribution in [0.2, 0.25) is 0 Å². The molecule has 0 radical (unpaired) electrons. The van der Waals surface area contributed by atoms with Gasteiger partial charge in [-0.3, -0.25) is 4.79 Å². The lowest BCUT2D eigenvalue weighted by molar-refractivity contribution is -0.133. The van der Waals surface area contributed by atoms with E-state index in [9.17, 15) is 9.90 Å². The summed E-state index contributed by atoms with van der Waals surface area (Å²) >= 11 is 2.31. The molecule has 2 aliphatic rings. The molecule has 2 saturated carbocycles. The van der Waals surface area contributed by atoms with Gasteiger partial charge in [-0.25, -0.2) is 0 Å². The van der Waals surface area contributed by atoms with Crippen LogP contribution >= 0.6 is 22.6 Å². The molecule has 22 heavy (non-hydrogen) atoms. The van der Waals surface area contributed by atoms with Gasteiger partial charge in [0.05, 0.1) is 6.10 Å². The Morgan fingerprint density at radius 1 is 1.32 bits per heavy atom. The summed E-state index contributed by atoms with van der Waals surface area (Å²) in [5, 5.41) is 10.6. The van der Waals surface area contributed by atoms with Crippen LogP contribution in [-0.2, 0) is 4.79 Å². The summed E-state index contributed by atoms with van der Waals surface area (Å²) in [6.45, 7) is 4.22. The molecule has 2 unspecified atom stereocenters. The molecule has 0 spiro atoms. The van der Waals surface area contributed by atoms with E-state index in [4.69, 9.17) is 0 Å². The average Bonchev–Trinajstić information content (AvgIpc) is 2.49. The maximum Gasteiger partial charge on any atom is 0.161 e. The second-order valence-corrected chi connectivity index (χ2v) is 8.24. The molecule has 2 nitrogen and oxygen atoms in total. The number of aliphatic hydroxyl groups is 1. The van der Waals surface area contributed by atoms with Crippen molar-refractivity contribution < 1.29 is 9.90 Å². The van der Waals surface area contributed by atoms with Crippen LogP contribution in [0.3, 0.4) is 0 Å². The van der Waals surface area contributed by atoms with Crippen molar-refractivity contribution in [1.82, 2.24) is 0 Å². The number of hydrogen-bond acceptors (Lipinski definition) is 2. The molecule has 0 amide bonds. The van der Waals surface area contributed by atoms with E-state index in [0.717, 1.165) is 34.0 Å². The SMILES string of the molecule is CC1C(=O)/C(=C\c2ccccc2I)C[C@@]2(C)C1CCC[C@@H]2O. The number of allylic oxidation sites excluding steroid dienone is 1. The third-order valence-corrected chi connectivity index (χ3v) is 6.72. The van der Waals surface area contributed by atoms with E-state index in [2.05, 4.69) is 41.6 Å². The Hall–Kier alpha value is -0.680. The van der Waals surface area contributed by atoms with E-state index < -0.39 is 0 Å². The standard InChI is InChI=1S/C19H23IO2/c1-12-15-7-5-9-17(21)19(15,2)11-14(18(12)22)10-13-6-3-4-8-16(13)20/h3-4,6,8,10,12,15,17,21H,5,7,9,11H2,1-2H3/b14-10-/t12?,15?,17-,19-/m0/s1. The molecule has 0 aromatic heterocycles. The Morgan fingerprint density at radius 3 is 2.77 bits per heavy atom. The number of rotatable bonds is 1. The van der Waals surface area contributed by atoms with E-state index in [1.807, 2.05) is 25.1 Å². The number of benzene rings is 1. The quantitative estimate of drug-likeness (QED) is 0.549. The van der Waals surface area contributed by atoms with Crippen LogP contribution in [0.1, 0.15) is 45.1 Å². The van der Waals surface area contributed by atoms with Crippen molar-refractivity contribution in [3.05, 3.63) is 39.0 Å². The first-order chi connectivity index (χ1) is 10.4. The maximum absolute atomic E-state index is 12.8. The Kier molecular flexibility index (Phi) is 4.47. The molecular formula is C19H23IO2. The van der Waals surface area contributed by atoms with Crippen LogP contribution in [0.25, 0.3) is 6.08 Å². The van der Waals surface area contributed by atoms with Gasteiger partial charge in [-0.15, -0.1) is 0 Å². The monoisotopic (exact) mass is 410 g/mol. The first-order valence-corrected chi connectivity index (χ1v) is 9.19. The number of Topliss-reactive ketones (excluding diaryl/α,β-unsaturated/α-hetero) is 1. The highest BCUT2D eigenvalue weighted by Crippen LogP contribution is 2.53. The molecule has 1 aromatic rings. The van der Waals surface area contributed by atoms with Crippen molar-refractivity contribution in [3.63, 3.8) is 0 Å².